The van der Waals surface area contributed by atoms with E-state index < -0.39 is 0 Å². The summed E-state index contributed by atoms with van der Waals surface area (Å²) in [6.45, 7) is 6.29. The summed E-state index contributed by atoms with van der Waals surface area (Å²) < 4.78 is 10.8. The largest absolute Gasteiger partial charge is 0.467 e. The van der Waals surface area contributed by atoms with E-state index in [1.165, 1.54) is 6.42 Å². The van der Waals surface area contributed by atoms with E-state index in [0.29, 0.717) is 13.2 Å². The molecule has 15 heavy (non-hydrogen) atoms. The van der Waals surface area contributed by atoms with E-state index in [2.05, 4.69) is 13.8 Å². The van der Waals surface area contributed by atoms with E-state index in [1.54, 1.807) is 6.26 Å². The van der Waals surface area contributed by atoms with Crippen LogP contribution in [0.25, 0.3) is 0 Å². The highest BCUT2D eigenvalue weighted by Crippen LogP contribution is 2.11. The lowest BCUT2D eigenvalue weighted by molar-refractivity contribution is 0.100. The summed E-state index contributed by atoms with van der Waals surface area (Å²) in [5, 5.41) is 0. The van der Waals surface area contributed by atoms with Gasteiger partial charge in [-0.3, -0.25) is 0 Å². The SMILES string of the molecule is CC(C)CCCOCc1occc1CN. The van der Waals surface area contributed by atoms with Crippen molar-refractivity contribution in [2.75, 3.05) is 6.61 Å². The highest BCUT2D eigenvalue weighted by atomic mass is 16.5. The Balaban J connectivity index is 2.15. The molecule has 0 saturated carbocycles. The topological polar surface area (TPSA) is 48.4 Å². The Morgan fingerprint density at radius 2 is 2.27 bits per heavy atom. The van der Waals surface area contributed by atoms with Crippen LogP contribution in [0.15, 0.2) is 16.7 Å². The van der Waals surface area contributed by atoms with Crippen LogP contribution >= 0.6 is 0 Å². The molecule has 1 aromatic heterocycles. The highest BCUT2D eigenvalue weighted by molar-refractivity contribution is 5.15. The van der Waals surface area contributed by atoms with Crippen molar-refractivity contribution in [2.45, 2.75) is 39.8 Å². The van der Waals surface area contributed by atoms with Crippen molar-refractivity contribution in [3.05, 3.63) is 23.7 Å². The molecule has 3 nitrogen and oxygen atoms in total. The molecule has 1 rings (SSSR count). The number of furan rings is 1. The van der Waals surface area contributed by atoms with E-state index in [-0.39, 0.29) is 0 Å². The van der Waals surface area contributed by atoms with Gasteiger partial charge in [0.15, 0.2) is 0 Å². The number of rotatable bonds is 7. The number of nitrogens with two attached hydrogens (primary N) is 1. The summed E-state index contributed by atoms with van der Waals surface area (Å²) >= 11 is 0. The zero-order valence-electron chi connectivity index (χ0n) is 9.66. The van der Waals surface area contributed by atoms with Crippen LogP contribution in [0.3, 0.4) is 0 Å². The normalized spacial score (nSPS) is 11.2. The van der Waals surface area contributed by atoms with E-state index >= 15 is 0 Å². The Bertz CT molecular complexity index is 268. The standard InChI is InChI=1S/C12H21NO2/c1-10(2)4-3-6-14-9-12-11(8-13)5-7-15-12/h5,7,10H,3-4,6,8-9,13H2,1-2H3. The molecule has 0 amide bonds. The maximum absolute atomic E-state index is 5.55. The van der Waals surface area contributed by atoms with Crippen LogP contribution in [0.4, 0.5) is 0 Å². The summed E-state index contributed by atoms with van der Waals surface area (Å²) in [7, 11) is 0. The van der Waals surface area contributed by atoms with Gasteiger partial charge >= 0.3 is 0 Å². The first-order valence-corrected chi connectivity index (χ1v) is 5.57. The number of ether oxygens (including phenoxy) is 1. The molecule has 86 valence electrons. The van der Waals surface area contributed by atoms with Crippen molar-refractivity contribution in [3.63, 3.8) is 0 Å². The Kier molecular flexibility index (Phi) is 5.43. The summed E-state index contributed by atoms with van der Waals surface area (Å²) in [6, 6.07) is 1.90. The summed E-state index contributed by atoms with van der Waals surface area (Å²) in [5.41, 5.74) is 6.59. The first-order valence-electron chi connectivity index (χ1n) is 5.57. The quantitative estimate of drug-likeness (QED) is 0.705. The minimum atomic E-state index is 0.515. The zero-order chi connectivity index (χ0) is 11.1. The predicted molar refractivity (Wildman–Crippen MR) is 60.3 cm³/mol. The van der Waals surface area contributed by atoms with Gasteiger partial charge in [0.2, 0.25) is 0 Å². The van der Waals surface area contributed by atoms with Crippen LogP contribution in [0, 0.1) is 5.92 Å². The molecule has 0 aliphatic heterocycles. The maximum Gasteiger partial charge on any atom is 0.133 e. The van der Waals surface area contributed by atoms with Gasteiger partial charge in [0, 0.05) is 18.7 Å². The van der Waals surface area contributed by atoms with Gasteiger partial charge in [-0.15, -0.1) is 0 Å². The third-order valence-electron chi connectivity index (χ3n) is 2.36. The van der Waals surface area contributed by atoms with Crippen molar-refractivity contribution in [3.8, 4) is 0 Å². The van der Waals surface area contributed by atoms with Gasteiger partial charge in [-0.25, -0.2) is 0 Å². The summed E-state index contributed by atoms with van der Waals surface area (Å²) in [6.07, 6.45) is 3.98. The second-order valence-electron chi connectivity index (χ2n) is 4.16. The highest BCUT2D eigenvalue weighted by Gasteiger charge is 2.04. The molecule has 0 fully saturated rings. The van der Waals surface area contributed by atoms with Gasteiger partial charge in [-0.2, -0.15) is 0 Å². The lowest BCUT2D eigenvalue weighted by atomic mass is 10.1. The lowest BCUT2D eigenvalue weighted by Crippen LogP contribution is -2.02. The Hall–Kier alpha value is -0.800. The maximum atomic E-state index is 5.55. The minimum Gasteiger partial charge on any atom is -0.467 e. The van der Waals surface area contributed by atoms with E-state index in [4.69, 9.17) is 14.9 Å². The first kappa shape index (κ1) is 12.3. The van der Waals surface area contributed by atoms with E-state index in [1.807, 2.05) is 6.07 Å². The Morgan fingerprint density at radius 1 is 1.47 bits per heavy atom. The molecule has 3 heteroatoms. The monoisotopic (exact) mass is 211 g/mol. The zero-order valence-corrected chi connectivity index (χ0v) is 9.66. The van der Waals surface area contributed by atoms with Gasteiger partial charge in [0.25, 0.3) is 0 Å². The summed E-state index contributed by atoms with van der Waals surface area (Å²) in [5.74, 6) is 1.61. The molecule has 0 saturated heterocycles. The van der Waals surface area contributed by atoms with Crippen LogP contribution in [0.5, 0.6) is 0 Å². The predicted octanol–water partition coefficient (Wildman–Crippen LogP) is 2.69. The average Bonchev–Trinajstić information content (AvgIpc) is 2.64. The van der Waals surface area contributed by atoms with Crippen molar-refractivity contribution < 1.29 is 9.15 Å². The number of hydrogen-bond donors (Lipinski definition) is 1. The first-order chi connectivity index (χ1) is 7.24. The molecule has 0 aliphatic carbocycles. The Labute approximate surface area is 91.6 Å². The minimum absolute atomic E-state index is 0.515. The van der Waals surface area contributed by atoms with Crippen LogP contribution < -0.4 is 5.73 Å². The van der Waals surface area contributed by atoms with Crippen molar-refractivity contribution >= 4 is 0 Å². The molecule has 1 heterocycles. The van der Waals surface area contributed by atoms with Crippen molar-refractivity contribution in [2.24, 2.45) is 11.7 Å². The van der Waals surface area contributed by atoms with Gasteiger partial charge in [-0.05, 0) is 24.8 Å². The fraction of sp³-hybridized carbons (Fsp3) is 0.667. The molecule has 1 aromatic rings. The molecular weight excluding hydrogens is 190 g/mol. The van der Waals surface area contributed by atoms with Crippen LogP contribution in [0.1, 0.15) is 38.0 Å². The third-order valence-corrected chi connectivity index (χ3v) is 2.36. The van der Waals surface area contributed by atoms with E-state index in [0.717, 1.165) is 30.3 Å². The van der Waals surface area contributed by atoms with E-state index in [9.17, 15) is 0 Å². The fourth-order valence-corrected chi connectivity index (χ4v) is 1.43. The molecule has 0 aliphatic rings. The second-order valence-corrected chi connectivity index (χ2v) is 4.16. The molecule has 0 atom stereocenters. The Morgan fingerprint density at radius 3 is 2.93 bits per heavy atom. The van der Waals surface area contributed by atoms with Gasteiger partial charge in [-0.1, -0.05) is 13.8 Å². The van der Waals surface area contributed by atoms with Crippen LogP contribution in [-0.4, -0.2) is 6.61 Å². The lowest BCUT2D eigenvalue weighted by Gasteiger charge is -2.05. The van der Waals surface area contributed by atoms with Gasteiger partial charge < -0.3 is 14.9 Å². The molecule has 0 bridgehead atoms. The van der Waals surface area contributed by atoms with Crippen molar-refractivity contribution in [1.82, 2.24) is 0 Å². The smallest absolute Gasteiger partial charge is 0.133 e. The third kappa shape index (κ3) is 4.49. The fourth-order valence-electron chi connectivity index (χ4n) is 1.43. The molecule has 2 N–H and O–H groups in total. The molecule has 0 radical (unpaired) electrons. The van der Waals surface area contributed by atoms with Gasteiger partial charge in [0.1, 0.15) is 12.4 Å². The van der Waals surface area contributed by atoms with Crippen molar-refractivity contribution in [1.29, 1.82) is 0 Å². The van der Waals surface area contributed by atoms with Gasteiger partial charge in [0.05, 0.1) is 6.26 Å². The summed E-state index contributed by atoms with van der Waals surface area (Å²) in [4.78, 5) is 0. The molecule has 0 unspecified atom stereocenters. The van der Waals surface area contributed by atoms with Crippen LogP contribution in [0.2, 0.25) is 0 Å². The molecule has 0 spiro atoms. The molecule has 0 aromatic carbocycles. The molecular formula is C12H21NO2. The second kappa shape index (κ2) is 6.64. The number of hydrogen-bond acceptors (Lipinski definition) is 3. The van der Waals surface area contributed by atoms with Crippen LogP contribution in [-0.2, 0) is 17.9 Å². The average molecular weight is 211 g/mol.